The Kier molecular flexibility index (Phi) is 6.13. The Hall–Kier alpha value is -3.18. The first-order chi connectivity index (χ1) is 16.4. The van der Waals surface area contributed by atoms with Crippen molar-refractivity contribution in [2.45, 2.75) is 6.10 Å². The Morgan fingerprint density at radius 1 is 0.882 bits per heavy atom. The molecule has 0 amide bonds. The Morgan fingerprint density at radius 3 is 2.32 bits per heavy atom. The van der Waals surface area contributed by atoms with Crippen molar-refractivity contribution in [3.63, 3.8) is 0 Å². The molecule has 0 aliphatic rings. The number of imidazole rings is 2. The molecule has 5 heterocycles. The molecular weight excluding hydrogens is 548 g/mol. The van der Waals surface area contributed by atoms with Crippen LogP contribution in [-0.2, 0) is 0 Å². The second-order valence-electron chi connectivity index (χ2n) is 7.09. The number of hydrogen-bond donors (Lipinski definition) is 1. The van der Waals surface area contributed by atoms with E-state index in [1.165, 1.54) is 16.8 Å². The SMILES string of the molecule is Clc1ccc2ncc(Br)n2n1.OC(c1cc2cccnc2cc1F)c1cnc2ccc(Cl)nn12. The van der Waals surface area contributed by atoms with Crippen LogP contribution in [0.4, 0.5) is 4.39 Å². The molecule has 6 aromatic rings. The topological polar surface area (TPSA) is 93.5 Å². The number of aliphatic hydroxyl groups is 1. The number of nitrogens with zero attached hydrogens (tertiary/aromatic N) is 7. The zero-order valence-corrected chi connectivity index (χ0v) is 20.1. The van der Waals surface area contributed by atoms with Crippen LogP contribution in [0, 0.1) is 5.82 Å². The highest BCUT2D eigenvalue weighted by Gasteiger charge is 2.20. The summed E-state index contributed by atoms with van der Waals surface area (Å²) < 4.78 is 18.2. The van der Waals surface area contributed by atoms with Crippen LogP contribution in [0.3, 0.4) is 0 Å². The lowest BCUT2D eigenvalue weighted by atomic mass is 10.0. The van der Waals surface area contributed by atoms with Gasteiger partial charge in [-0.1, -0.05) is 29.3 Å². The van der Waals surface area contributed by atoms with Crippen molar-refractivity contribution in [2.24, 2.45) is 0 Å². The fourth-order valence-corrected chi connectivity index (χ4v) is 4.00. The highest BCUT2D eigenvalue weighted by atomic mass is 79.9. The predicted octanol–water partition coefficient (Wildman–Crippen LogP) is 5.30. The molecule has 0 aliphatic heterocycles. The van der Waals surface area contributed by atoms with E-state index < -0.39 is 11.9 Å². The van der Waals surface area contributed by atoms with E-state index in [0.29, 0.717) is 22.0 Å². The van der Waals surface area contributed by atoms with Gasteiger partial charge >= 0.3 is 0 Å². The fourth-order valence-electron chi connectivity index (χ4n) is 3.36. The van der Waals surface area contributed by atoms with E-state index in [2.05, 4.69) is 41.1 Å². The van der Waals surface area contributed by atoms with E-state index in [9.17, 15) is 9.50 Å². The average molecular weight is 561 g/mol. The minimum atomic E-state index is -1.22. The lowest BCUT2D eigenvalue weighted by Crippen LogP contribution is -2.08. The van der Waals surface area contributed by atoms with Gasteiger partial charge < -0.3 is 5.11 Å². The maximum absolute atomic E-state index is 14.4. The summed E-state index contributed by atoms with van der Waals surface area (Å²) in [7, 11) is 0. The number of benzene rings is 1. The van der Waals surface area contributed by atoms with Gasteiger partial charge in [-0.2, -0.15) is 10.2 Å². The molecule has 170 valence electrons. The lowest BCUT2D eigenvalue weighted by molar-refractivity contribution is 0.208. The quantitative estimate of drug-likeness (QED) is 0.309. The van der Waals surface area contributed by atoms with Crippen LogP contribution in [-0.4, -0.2) is 39.3 Å². The molecule has 1 N–H and O–H groups in total. The molecule has 0 saturated carbocycles. The number of aromatic nitrogens is 7. The van der Waals surface area contributed by atoms with Gasteiger partial charge in [0.1, 0.15) is 26.8 Å². The van der Waals surface area contributed by atoms with Gasteiger partial charge in [0.25, 0.3) is 0 Å². The molecule has 12 heteroatoms. The summed E-state index contributed by atoms with van der Waals surface area (Å²) in [5.41, 5.74) is 2.30. The number of hydrogen-bond acceptors (Lipinski definition) is 6. The molecule has 1 atom stereocenters. The van der Waals surface area contributed by atoms with Gasteiger partial charge in [0, 0.05) is 23.2 Å². The minimum absolute atomic E-state index is 0.133. The molecule has 0 spiro atoms. The molecule has 8 nitrogen and oxygen atoms in total. The summed E-state index contributed by atoms with van der Waals surface area (Å²) >= 11 is 14.8. The summed E-state index contributed by atoms with van der Waals surface area (Å²) in [6.45, 7) is 0. The predicted molar refractivity (Wildman–Crippen MR) is 129 cm³/mol. The zero-order chi connectivity index (χ0) is 23.8. The summed E-state index contributed by atoms with van der Waals surface area (Å²) in [4.78, 5) is 12.3. The molecule has 5 aromatic heterocycles. The third-order valence-corrected chi connectivity index (χ3v) is 5.88. The van der Waals surface area contributed by atoms with Crippen molar-refractivity contribution in [1.29, 1.82) is 0 Å². The molecule has 1 aromatic carbocycles. The summed E-state index contributed by atoms with van der Waals surface area (Å²) in [6.07, 6.45) is 3.50. The summed E-state index contributed by atoms with van der Waals surface area (Å²) in [6, 6.07) is 13.2. The molecule has 1 unspecified atom stereocenters. The Labute approximate surface area is 209 Å². The number of fused-ring (bicyclic) bond motifs is 3. The Bertz CT molecular complexity index is 1660. The summed E-state index contributed by atoms with van der Waals surface area (Å²) in [5.74, 6) is -0.541. The van der Waals surface area contributed by atoms with E-state index >= 15 is 0 Å². The van der Waals surface area contributed by atoms with Crippen LogP contribution < -0.4 is 0 Å². The maximum atomic E-state index is 14.4. The highest BCUT2D eigenvalue weighted by Crippen LogP contribution is 2.28. The maximum Gasteiger partial charge on any atom is 0.154 e. The second-order valence-corrected chi connectivity index (χ2v) is 8.68. The molecule has 0 bridgehead atoms. The first-order valence-corrected chi connectivity index (χ1v) is 11.3. The smallest absolute Gasteiger partial charge is 0.154 e. The van der Waals surface area contributed by atoms with Gasteiger partial charge in [0.2, 0.25) is 0 Å². The third-order valence-electron chi connectivity index (χ3n) is 4.94. The lowest BCUT2D eigenvalue weighted by Gasteiger charge is -2.12. The molecule has 34 heavy (non-hydrogen) atoms. The van der Waals surface area contributed by atoms with E-state index in [4.69, 9.17) is 23.2 Å². The molecule has 0 radical (unpaired) electrons. The van der Waals surface area contributed by atoms with Crippen molar-refractivity contribution < 1.29 is 9.50 Å². The van der Waals surface area contributed by atoms with Gasteiger partial charge in [-0.3, -0.25) is 4.98 Å². The van der Waals surface area contributed by atoms with E-state index in [-0.39, 0.29) is 10.7 Å². The standard InChI is InChI=1S/C16H10ClFN4O.C6H3BrClN3/c17-14-3-4-15-20-8-13(22(15)21-14)16(23)10-6-9-2-1-5-19-12(9)7-11(10)18;7-4-3-9-6-2-1-5(8)10-11(4)6/h1-8,16,23H;1-3H. The van der Waals surface area contributed by atoms with Gasteiger partial charge in [-0.25, -0.2) is 23.4 Å². The second kappa shape index (κ2) is 9.22. The minimum Gasteiger partial charge on any atom is -0.382 e. The van der Waals surface area contributed by atoms with Crippen LogP contribution in [0.25, 0.3) is 22.2 Å². The van der Waals surface area contributed by atoms with Gasteiger partial charge in [0.05, 0.1) is 23.6 Å². The van der Waals surface area contributed by atoms with E-state index in [0.717, 1.165) is 15.6 Å². The van der Waals surface area contributed by atoms with Crippen LogP contribution in [0.2, 0.25) is 10.3 Å². The molecular formula is C22H13BrCl2FN7O. The Balaban J connectivity index is 0.000000183. The molecule has 6 rings (SSSR count). The number of rotatable bonds is 2. The van der Waals surface area contributed by atoms with Crippen molar-refractivity contribution in [3.8, 4) is 0 Å². The van der Waals surface area contributed by atoms with Crippen LogP contribution in [0.5, 0.6) is 0 Å². The summed E-state index contributed by atoms with van der Waals surface area (Å²) in [5, 5.41) is 20.2. The van der Waals surface area contributed by atoms with Gasteiger partial charge in [-0.15, -0.1) is 0 Å². The molecule has 0 saturated heterocycles. The van der Waals surface area contributed by atoms with Crippen molar-refractivity contribution in [1.82, 2.24) is 34.2 Å². The normalized spacial score (nSPS) is 12.1. The monoisotopic (exact) mass is 559 g/mol. The first-order valence-electron chi connectivity index (χ1n) is 9.79. The van der Waals surface area contributed by atoms with Crippen LogP contribution in [0.1, 0.15) is 17.4 Å². The van der Waals surface area contributed by atoms with Crippen molar-refractivity contribution >= 4 is 61.3 Å². The largest absolute Gasteiger partial charge is 0.382 e. The van der Waals surface area contributed by atoms with Crippen molar-refractivity contribution in [3.05, 3.63) is 99.1 Å². The first kappa shape index (κ1) is 22.6. The van der Waals surface area contributed by atoms with Crippen LogP contribution in [0.15, 0.2) is 71.7 Å². The molecule has 0 aliphatic carbocycles. The fraction of sp³-hybridized carbons (Fsp3) is 0.0455. The number of pyridine rings is 1. The third kappa shape index (κ3) is 4.32. The van der Waals surface area contributed by atoms with Gasteiger partial charge in [-0.05, 0) is 52.3 Å². The van der Waals surface area contributed by atoms with Crippen molar-refractivity contribution in [2.75, 3.05) is 0 Å². The van der Waals surface area contributed by atoms with E-state index in [1.54, 1.807) is 53.3 Å². The number of halogens is 4. The number of aliphatic hydroxyl groups excluding tert-OH is 1. The van der Waals surface area contributed by atoms with Crippen LogP contribution >= 0.6 is 39.1 Å². The highest BCUT2D eigenvalue weighted by molar-refractivity contribution is 9.10. The zero-order valence-electron chi connectivity index (χ0n) is 17.0. The average Bonchev–Trinajstić information content (AvgIpc) is 3.41. The van der Waals surface area contributed by atoms with Gasteiger partial charge in [0.15, 0.2) is 11.3 Å². The van der Waals surface area contributed by atoms with E-state index in [1.807, 2.05) is 6.07 Å². The molecule has 0 fully saturated rings. The Morgan fingerprint density at radius 2 is 1.56 bits per heavy atom.